The summed E-state index contributed by atoms with van der Waals surface area (Å²) in [4.78, 5) is 31.5. The highest BCUT2D eigenvalue weighted by atomic mass is 16.5. The molecule has 6 heteroatoms. The van der Waals surface area contributed by atoms with Crippen molar-refractivity contribution in [3.05, 3.63) is 71.1 Å². The van der Waals surface area contributed by atoms with E-state index in [2.05, 4.69) is 4.98 Å². The lowest BCUT2D eigenvalue weighted by atomic mass is 9.96. The summed E-state index contributed by atoms with van der Waals surface area (Å²) >= 11 is 0. The molecule has 2 aromatic carbocycles. The SMILES string of the molecule is COC(=O)c1cccc2c1CCCN2C(=O)Cc1nc(-c2ccccc2)oc1C. The Bertz CT molecular complexity index is 1060. The van der Waals surface area contributed by atoms with Gasteiger partial charge in [-0.25, -0.2) is 9.78 Å². The Morgan fingerprint density at radius 3 is 2.69 bits per heavy atom. The van der Waals surface area contributed by atoms with Gasteiger partial charge < -0.3 is 14.1 Å². The Morgan fingerprint density at radius 1 is 1.14 bits per heavy atom. The highest BCUT2D eigenvalue weighted by Gasteiger charge is 2.27. The summed E-state index contributed by atoms with van der Waals surface area (Å²) < 4.78 is 10.7. The van der Waals surface area contributed by atoms with E-state index in [0.29, 0.717) is 29.5 Å². The number of anilines is 1. The third kappa shape index (κ3) is 3.66. The molecule has 3 aromatic rings. The van der Waals surface area contributed by atoms with E-state index in [1.165, 1.54) is 7.11 Å². The summed E-state index contributed by atoms with van der Waals surface area (Å²) in [6.45, 7) is 2.43. The van der Waals surface area contributed by atoms with E-state index in [9.17, 15) is 9.59 Å². The van der Waals surface area contributed by atoms with E-state index in [4.69, 9.17) is 9.15 Å². The van der Waals surface area contributed by atoms with Gasteiger partial charge in [-0.3, -0.25) is 4.79 Å². The van der Waals surface area contributed by atoms with Gasteiger partial charge in [0.15, 0.2) is 0 Å². The summed E-state index contributed by atoms with van der Waals surface area (Å²) in [7, 11) is 1.37. The van der Waals surface area contributed by atoms with Crippen LogP contribution in [0.15, 0.2) is 52.9 Å². The van der Waals surface area contributed by atoms with Gasteiger partial charge in [0, 0.05) is 17.8 Å². The number of hydrogen-bond acceptors (Lipinski definition) is 5. The highest BCUT2D eigenvalue weighted by Crippen LogP contribution is 2.31. The molecule has 0 saturated carbocycles. The molecule has 1 aromatic heterocycles. The van der Waals surface area contributed by atoms with Gasteiger partial charge >= 0.3 is 5.97 Å². The second-order valence-electron chi connectivity index (χ2n) is 7.01. The van der Waals surface area contributed by atoms with Crippen LogP contribution in [0.5, 0.6) is 0 Å². The highest BCUT2D eigenvalue weighted by molar-refractivity contribution is 5.99. The number of benzene rings is 2. The lowest BCUT2D eigenvalue weighted by Crippen LogP contribution is -2.37. The van der Waals surface area contributed by atoms with Crippen LogP contribution in [0, 0.1) is 6.92 Å². The predicted octanol–water partition coefficient (Wildman–Crippen LogP) is 3.96. The lowest BCUT2D eigenvalue weighted by molar-refractivity contribution is -0.118. The molecule has 0 radical (unpaired) electrons. The molecule has 0 saturated heterocycles. The Balaban J connectivity index is 1.60. The summed E-state index contributed by atoms with van der Waals surface area (Å²) in [5, 5.41) is 0. The predicted molar refractivity (Wildman–Crippen MR) is 109 cm³/mol. The Labute approximate surface area is 169 Å². The number of hydrogen-bond donors (Lipinski definition) is 0. The molecule has 0 bridgehead atoms. The van der Waals surface area contributed by atoms with Crippen molar-refractivity contribution in [2.75, 3.05) is 18.6 Å². The van der Waals surface area contributed by atoms with Crippen LogP contribution in [-0.4, -0.2) is 30.5 Å². The van der Waals surface area contributed by atoms with Gasteiger partial charge in [-0.05, 0) is 49.6 Å². The van der Waals surface area contributed by atoms with Gasteiger partial charge in [-0.2, -0.15) is 0 Å². The second-order valence-corrected chi connectivity index (χ2v) is 7.01. The molecule has 0 N–H and O–H groups in total. The number of aryl methyl sites for hydroxylation is 1. The molecule has 1 amide bonds. The standard InChI is InChI=1S/C23H22N2O4/c1-15-19(24-22(29-15)16-8-4-3-5-9-16)14-21(26)25-13-7-11-17-18(23(27)28-2)10-6-12-20(17)25/h3-6,8-10,12H,7,11,13-14H2,1-2H3. The van der Waals surface area contributed by atoms with Gasteiger partial charge in [0.05, 0.1) is 24.8 Å². The van der Waals surface area contributed by atoms with E-state index < -0.39 is 0 Å². The van der Waals surface area contributed by atoms with Gasteiger partial charge in [-0.1, -0.05) is 24.3 Å². The lowest BCUT2D eigenvalue weighted by Gasteiger charge is -2.30. The third-order valence-corrected chi connectivity index (χ3v) is 5.19. The molecule has 1 aliphatic heterocycles. The van der Waals surface area contributed by atoms with Crippen LogP contribution < -0.4 is 4.90 Å². The molecule has 4 rings (SSSR count). The Hall–Kier alpha value is -3.41. The summed E-state index contributed by atoms with van der Waals surface area (Å²) in [5.41, 5.74) is 3.66. The van der Waals surface area contributed by atoms with E-state index >= 15 is 0 Å². The fourth-order valence-electron chi connectivity index (χ4n) is 3.72. The van der Waals surface area contributed by atoms with Crippen molar-refractivity contribution in [3.63, 3.8) is 0 Å². The number of carbonyl (C=O) groups is 2. The van der Waals surface area contributed by atoms with E-state index in [1.807, 2.05) is 43.3 Å². The average molecular weight is 390 g/mol. The van der Waals surface area contributed by atoms with Gasteiger partial charge in [0.2, 0.25) is 11.8 Å². The number of oxazole rings is 1. The third-order valence-electron chi connectivity index (χ3n) is 5.19. The topological polar surface area (TPSA) is 72.6 Å². The maximum atomic E-state index is 13.1. The largest absolute Gasteiger partial charge is 0.465 e. The summed E-state index contributed by atoms with van der Waals surface area (Å²) in [5.74, 6) is 0.704. The molecular formula is C23H22N2O4. The molecule has 2 heterocycles. The van der Waals surface area contributed by atoms with Crippen molar-refractivity contribution in [2.45, 2.75) is 26.2 Å². The fraction of sp³-hybridized carbons (Fsp3) is 0.261. The first-order valence-corrected chi connectivity index (χ1v) is 9.60. The minimum atomic E-state index is -0.379. The first kappa shape index (κ1) is 18.9. The van der Waals surface area contributed by atoms with Crippen LogP contribution in [0.3, 0.4) is 0 Å². The molecular weight excluding hydrogens is 368 g/mol. The van der Waals surface area contributed by atoms with Crippen LogP contribution in [0.25, 0.3) is 11.5 Å². The van der Waals surface area contributed by atoms with E-state index in [1.54, 1.807) is 17.0 Å². The van der Waals surface area contributed by atoms with Gasteiger partial charge in [0.25, 0.3) is 0 Å². The molecule has 29 heavy (non-hydrogen) atoms. The van der Waals surface area contributed by atoms with Crippen LogP contribution in [-0.2, 0) is 22.4 Å². The van der Waals surface area contributed by atoms with Crippen LogP contribution >= 0.6 is 0 Å². The van der Waals surface area contributed by atoms with Crippen molar-refractivity contribution >= 4 is 17.6 Å². The smallest absolute Gasteiger partial charge is 0.338 e. The molecule has 0 spiro atoms. The van der Waals surface area contributed by atoms with Crippen LogP contribution in [0.4, 0.5) is 5.69 Å². The number of ether oxygens (including phenoxy) is 1. The number of methoxy groups -OCH3 is 1. The van der Waals surface area contributed by atoms with Crippen molar-refractivity contribution in [2.24, 2.45) is 0 Å². The van der Waals surface area contributed by atoms with Crippen LogP contribution in [0.2, 0.25) is 0 Å². The van der Waals surface area contributed by atoms with E-state index in [-0.39, 0.29) is 18.3 Å². The normalized spacial score (nSPS) is 13.1. The zero-order chi connectivity index (χ0) is 20.4. The maximum Gasteiger partial charge on any atom is 0.338 e. The average Bonchev–Trinajstić information content (AvgIpc) is 3.13. The molecule has 148 valence electrons. The monoisotopic (exact) mass is 390 g/mol. The number of carbonyl (C=O) groups excluding carboxylic acids is 2. The Morgan fingerprint density at radius 2 is 1.93 bits per heavy atom. The molecule has 1 aliphatic rings. The first-order valence-electron chi connectivity index (χ1n) is 9.60. The first-order chi connectivity index (χ1) is 14.1. The molecule has 0 atom stereocenters. The van der Waals surface area contributed by atoms with Gasteiger partial charge in [0.1, 0.15) is 5.76 Å². The zero-order valence-electron chi connectivity index (χ0n) is 16.5. The number of nitrogens with zero attached hydrogens (tertiary/aromatic N) is 2. The zero-order valence-corrected chi connectivity index (χ0v) is 16.5. The molecule has 0 fully saturated rings. The van der Waals surface area contributed by atoms with Crippen molar-refractivity contribution in [3.8, 4) is 11.5 Å². The molecule has 6 nitrogen and oxygen atoms in total. The fourth-order valence-corrected chi connectivity index (χ4v) is 3.72. The van der Waals surface area contributed by atoms with Gasteiger partial charge in [-0.15, -0.1) is 0 Å². The Kier molecular flexibility index (Phi) is 5.16. The quantitative estimate of drug-likeness (QED) is 0.631. The maximum absolute atomic E-state index is 13.1. The number of fused-ring (bicyclic) bond motifs is 1. The summed E-state index contributed by atoms with van der Waals surface area (Å²) in [6.07, 6.45) is 1.68. The second kappa shape index (κ2) is 7.91. The molecule has 0 aliphatic carbocycles. The minimum absolute atomic E-state index is 0.0658. The van der Waals surface area contributed by atoms with Crippen molar-refractivity contribution in [1.82, 2.24) is 4.98 Å². The van der Waals surface area contributed by atoms with Crippen molar-refractivity contribution < 1.29 is 18.7 Å². The number of rotatable bonds is 4. The minimum Gasteiger partial charge on any atom is -0.465 e. The van der Waals surface area contributed by atoms with Crippen LogP contribution in [0.1, 0.15) is 33.8 Å². The van der Waals surface area contributed by atoms with E-state index in [0.717, 1.165) is 29.7 Å². The summed E-state index contributed by atoms with van der Waals surface area (Å²) in [6, 6.07) is 15.0. The number of esters is 1. The number of aromatic nitrogens is 1. The number of amides is 1. The van der Waals surface area contributed by atoms with Crippen molar-refractivity contribution in [1.29, 1.82) is 0 Å². The molecule has 0 unspecified atom stereocenters.